The van der Waals surface area contributed by atoms with Crippen LogP contribution >= 0.6 is 0 Å². The maximum Gasteiger partial charge on any atom is 0.239 e. The fourth-order valence-corrected chi connectivity index (χ4v) is 3.08. The van der Waals surface area contributed by atoms with E-state index in [0.717, 1.165) is 39.2 Å². The number of carbonyl (C=O) groups is 1. The molecule has 3 atom stereocenters. The van der Waals surface area contributed by atoms with Crippen molar-refractivity contribution in [3.05, 3.63) is 0 Å². The molecule has 6 heteroatoms. The molecule has 122 valence electrons. The molecule has 2 fully saturated rings. The summed E-state index contributed by atoms with van der Waals surface area (Å²) < 4.78 is 5.90. The van der Waals surface area contributed by atoms with Crippen molar-refractivity contribution in [2.45, 2.75) is 44.9 Å². The standard InChI is InChI=1S/C15H29N3O3/c1-3-17(4-2)7-8-21-13-5-6-18(11-13)15(20)14-9-12(19)10-16-14/h12-14,16,19H,3-11H2,1-2H3. The lowest BCUT2D eigenvalue weighted by Crippen LogP contribution is -2.43. The van der Waals surface area contributed by atoms with E-state index >= 15 is 0 Å². The van der Waals surface area contributed by atoms with Gasteiger partial charge in [0.25, 0.3) is 0 Å². The Morgan fingerprint density at radius 3 is 2.81 bits per heavy atom. The molecule has 0 aliphatic carbocycles. The lowest BCUT2D eigenvalue weighted by atomic mass is 10.2. The van der Waals surface area contributed by atoms with Crippen LogP contribution in [-0.2, 0) is 9.53 Å². The molecule has 0 saturated carbocycles. The molecule has 2 aliphatic heterocycles. The smallest absolute Gasteiger partial charge is 0.239 e. The summed E-state index contributed by atoms with van der Waals surface area (Å²) in [6.07, 6.45) is 1.22. The van der Waals surface area contributed by atoms with E-state index in [1.54, 1.807) is 0 Å². The Labute approximate surface area is 127 Å². The lowest BCUT2D eigenvalue weighted by molar-refractivity contribution is -0.132. The molecule has 1 amide bonds. The number of ether oxygens (including phenoxy) is 1. The van der Waals surface area contributed by atoms with Crippen molar-refractivity contribution in [1.29, 1.82) is 0 Å². The van der Waals surface area contributed by atoms with Gasteiger partial charge in [0.15, 0.2) is 0 Å². The SMILES string of the molecule is CCN(CC)CCOC1CCN(C(=O)C2CC(O)CN2)C1. The first-order valence-electron chi connectivity index (χ1n) is 8.18. The van der Waals surface area contributed by atoms with Crippen molar-refractivity contribution in [2.24, 2.45) is 0 Å². The Hall–Kier alpha value is -0.690. The second-order valence-corrected chi connectivity index (χ2v) is 5.94. The van der Waals surface area contributed by atoms with E-state index in [1.807, 2.05) is 4.90 Å². The van der Waals surface area contributed by atoms with Crippen LogP contribution in [0.3, 0.4) is 0 Å². The number of amides is 1. The third kappa shape index (κ3) is 4.64. The summed E-state index contributed by atoms with van der Waals surface area (Å²) in [5, 5.41) is 12.6. The first kappa shape index (κ1) is 16.7. The molecule has 2 N–H and O–H groups in total. The van der Waals surface area contributed by atoms with Gasteiger partial charge in [-0.1, -0.05) is 13.8 Å². The van der Waals surface area contributed by atoms with Crippen LogP contribution in [0.15, 0.2) is 0 Å². The number of nitrogens with one attached hydrogen (secondary N) is 1. The minimum absolute atomic E-state index is 0.112. The fraction of sp³-hybridized carbons (Fsp3) is 0.933. The molecule has 2 aliphatic rings. The monoisotopic (exact) mass is 299 g/mol. The van der Waals surface area contributed by atoms with Gasteiger partial charge in [0, 0.05) is 26.2 Å². The Kier molecular flexibility index (Phi) is 6.41. The number of nitrogens with zero attached hydrogens (tertiary/aromatic N) is 2. The van der Waals surface area contributed by atoms with Crippen molar-refractivity contribution in [3.63, 3.8) is 0 Å². The molecule has 0 radical (unpaired) electrons. The van der Waals surface area contributed by atoms with E-state index in [0.29, 0.717) is 19.5 Å². The highest BCUT2D eigenvalue weighted by Crippen LogP contribution is 2.17. The van der Waals surface area contributed by atoms with Gasteiger partial charge in [-0.25, -0.2) is 0 Å². The van der Waals surface area contributed by atoms with E-state index in [2.05, 4.69) is 24.1 Å². The summed E-state index contributed by atoms with van der Waals surface area (Å²) in [5.41, 5.74) is 0. The summed E-state index contributed by atoms with van der Waals surface area (Å²) in [4.78, 5) is 16.5. The van der Waals surface area contributed by atoms with Crippen molar-refractivity contribution < 1.29 is 14.6 Å². The molecule has 2 rings (SSSR count). The van der Waals surface area contributed by atoms with Crippen LogP contribution in [0.1, 0.15) is 26.7 Å². The topological polar surface area (TPSA) is 65.0 Å². The second-order valence-electron chi connectivity index (χ2n) is 5.94. The summed E-state index contributed by atoms with van der Waals surface area (Å²) in [5.74, 6) is 0.112. The van der Waals surface area contributed by atoms with Crippen LogP contribution in [0.5, 0.6) is 0 Å². The van der Waals surface area contributed by atoms with Gasteiger partial charge in [-0.3, -0.25) is 4.79 Å². The number of hydrogen-bond donors (Lipinski definition) is 2. The van der Waals surface area contributed by atoms with Gasteiger partial charge < -0.3 is 25.0 Å². The van der Waals surface area contributed by atoms with Crippen LogP contribution in [0.25, 0.3) is 0 Å². The summed E-state index contributed by atoms with van der Waals surface area (Å²) in [7, 11) is 0. The van der Waals surface area contributed by atoms with Gasteiger partial charge in [0.05, 0.1) is 24.9 Å². The van der Waals surface area contributed by atoms with E-state index in [4.69, 9.17) is 4.74 Å². The van der Waals surface area contributed by atoms with E-state index in [1.165, 1.54) is 0 Å². The number of hydrogen-bond acceptors (Lipinski definition) is 5. The number of aliphatic hydroxyl groups excluding tert-OH is 1. The summed E-state index contributed by atoms with van der Waals surface area (Å²) >= 11 is 0. The fourth-order valence-electron chi connectivity index (χ4n) is 3.08. The molecular weight excluding hydrogens is 270 g/mol. The van der Waals surface area contributed by atoms with E-state index in [9.17, 15) is 9.90 Å². The molecule has 2 saturated heterocycles. The lowest BCUT2D eigenvalue weighted by Gasteiger charge is -2.21. The highest BCUT2D eigenvalue weighted by Gasteiger charge is 2.34. The number of rotatable bonds is 7. The molecule has 2 heterocycles. The van der Waals surface area contributed by atoms with Crippen molar-refractivity contribution in [1.82, 2.24) is 15.1 Å². The third-order valence-corrected chi connectivity index (χ3v) is 4.52. The first-order chi connectivity index (χ1) is 10.1. The summed E-state index contributed by atoms with van der Waals surface area (Å²) in [6, 6.07) is -0.213. The van der Waals surface area contributed by atoms with E-state index in [-0.39, 0.29) is 24.2 Å². The number of likely N-dealkylation sites (N-methyl/N-ethyl adjacent to an activating group) is 1. The van der Waals surface area contributed by atoms with Crippen LogP contribution in [0.4, 0.5) is 0 Å². The highest BCUT2D eigenvalue weighted by atomic mass is 16.5. The Bertz CT molecular complexity index is 336. The van der Waals surface area contributed by atoms with Gasteiger partial charge in [0.2, 0.25) is 5.91 Å². The Morgan fingerprint density at radius 1 is 1.43 bits per heavy atom. The maximum absolute atomic E-state index is 12.3. The minimum Gasteiger partial charge on any atom is -0.392 e. The van der Waals surface area contributed by atoms with Gasteiger partial charge >= 0.3 is 0 Å². The predicted molar refractivity (Wildman–Crippen MR) is 81.1 cm³/mol. The van der Waals surface area contributed by atoms with Crippen LogP contribution < -0.4 is 5.32 Å². The molecule has 0 bridgehead atoms. The molecule has 0 spiro atoms. The van der Waals surface area contributed by atoms with Gasteiger partial charge in [-0.2, -0.15) is 0 Å². The van der Waals surface area contributed by atoms with Crippen LogP contribution in [0.2, 0.25) is 0 Å². The van der Waals surface area contributed by atoms with Crippen molar-refractivity contribution in [2.75, 3.05) is 45.9 Å². The van der Waals surface area contributed by atoms with Crippen LogP contribution in [-0.4, -0.2) is 84.9 Å². The zero-order chi connectivity index (χ0) is 15.2. The average molecular weight is 299 g/mol. The number of carbonyl (C=O) groups excluding carboxylic acids is 1. The van der Waals surface area contributed by atoms with Gasteiger partial charge in [0.1, 0.15) is 0 Å². The van der Waals surface area contributed by atoms with E-state index < -0.39 is 0 Å². The second kappa shape index (κ2) is 8.08. The molecular formula is C15H29N3O3. The summed E-state index contributed by atoms with van der Waals surface area (Å²) in [6.45, 7) is 10.1. The molecule has 6 nitrogen and oxygen atoms in total. The zero-order valence-electron chi connectivity index (χ0n) is 13.3. The Balaban J connectivity index is 1.67. The van der Waals surface area contributed by atoms with Crippen molar-refractivity contribution >= 4 is 5.91 Å². The van der Waals surface area contributed by atoms with Crippen LogP contribution in [0, 0.1) is 0 Å². The highest BCUT2D eigenvalue weighted by molar-refractivity contribution is 5.82. The molecule has 21 heavy (non-hydrogen) atoms. The predicted octanol–water partition coefficient (Wildman–Crippen LogP) is -0.331. The third-order valence-electron chi connectivity index (χ3n) is 4.52. The zero-order valence-corrected chi connectivity index (χ0v) is 13.3. The minimum atomic E-state index is -0.386. The van der Waals surface area contributed by atoms with Crippen molar-refractivity contribution in [3.8, 4) is 0 Å². The first-order valence-corrected chi connectivity index (χ1v) is 8.18. The molecule has 0 aromatic heterocycles. The van der Waals surface area contributed by atoms with Gasteiger partial charge in [-0.15, -0.1) is 0 Å². The molecule has 0 aromatic rings. The van der Waals surface area contributed by atoms with Gasteiger partial charge in [-0.05, 0) is 25.9 Å². The number of β-amino-alcohol motifs (C(OH)–C–C–N with tert-alkyl or cyclic N) is 1. The molecule has 3 unspecified atom stereocenters. The quantitative estimate of drug-likeness (QED) is 0.674. The Morgan fingerprint density at radius 2 is 2.19 bits per heavy atom. The number of aliphatic hydroxyl groups is 1. The molecule has 0 aromatic carbocycles. The largest absolute Gasteiger partial charge is 0.392 e. The average Bonchev–Trinajstić information content (AvgIpc) is 3.12. The number of likely N-dealkylation sites (tertiary alicyclic amines) is 1. The maximum atomic E-state index is 12.3. The normalized spacial score (nSPS) is 29.5.